The zero-order valence-corrected chi connectivity index (χ0v) is 9.92. The van der Waals surface area contributed by atoms with Gasteiger partial charge in [0.1, 0.15) is 0 Å². The molecule has 0 bridgehead atoms. The molecule has 0 unspecified atom stereocenters. The Kier molecular flexibility index (Phi) is 2.44. The summed E-state index contributed by atoms with van der Waals surface area (Å²) in [6, 6.07) is 5.78. The van der Waals surface area contributed by atoms with Crippen molar-refractivity contribution in [2.45, 2.75) is 13.3 Å². The van der Waals surface area contributed by atoms with Crippen molar-refractivity contribution in [3.8, 4) is 11.3 Å². The molecule has 0 saturated carbocycles. The van der Waals surface area contributed by atoms with E-state index in [1.165, 1.54) is 0 Å². The Labute approximate surface area is 104 Å². The molecule has 2 heterocycles. The minimum Gasteiger partial charge on any atom is -0.381 e. The summed E-state index contributed by atoms with van der Waals surface area (Å²) in [4.78, 5) is 8.62. The molecule has 2 aromatic heterocycles. The maximum atomic E-state index is 5.79. The molecule has 18 heavy (non-hydrogen) atoms. The van der Waals surface area contributed by atoms with E-state index in [2.05, 4.69) is 15.1 Å². The summed E-state index contributed by atoms with van der Waals surface area (Å²) in [6.07, 6.45) is 4.10. The predicted molar refractivity (Wildman–Crippen MR) is 68.8 cm³/mol. The normalized spacial score (nSPS) is 10.9. The van der Waals surface area contributed by atoms with Crippen LogP contribution in [0.2, 0.25) is 0 Å². The van der Waals surface area contributed by atoms with Crippen molar-refractivity contribution in [2.24, 2.45) is 0 Å². The summed E-state index contributed by atoms with van der Waals surface area (Å²) in [7, 11) is 0. The van der Waals surface area contributed by atoms with Crippen LogP contribution in [-0.4, -0.2) is 15.1 Å². The first-order valence-corrected chi connectivity index (χ1v) is 5.75. The van der Waals surface area contributed by atoms with Gasteiger partial charge in [0.25, 0.3) is 0 Å². The number of rotatable bonds is 2. The van der Waals surface area contributed by atoms with E-state index in [1.54, 1.807) is 12.4 Å². The van der Waals surface area contributed by atoms with Crippen molar-refractivity contribution >= 4 is 16.9 Å². The molecule has 0 aliphatic rings. The molecule has 0 aliphatic heterocycles. The van der Waals surface area contributed by atoms with E-state index in [4.69, 9.17) is 10.3 Å². The topological polar surface area (TPSA) is 77.8 Å². The van der Waals surface area contributed by atoms with Gasteiger partial charge in [0, 0.05) is 23.5 Å². The molecule has 0 spiro atoms. The van der Waals surface area contributed by atoms with Gasteiger partial charge in [-0.25, -0.2) is 0 Å². The fraction of sp³-hybridized carbons (Fsp3) is 0.154. The van der Waals surface area contributed by atoms with Crippen molar-refractivity contribution in [2.75, 3.05) is 5.73 Å². The Bertz CT molecular complexity index is 700. The lowest BCUT2D eigenvalue weighted by Crippen LogP contribution is -1.92. The molecular weight excluding hydrogens is 228 g/mol. The zero-order chi connectivity index (χ0) is 12.5. The van der Waals surface area contributed by atoms with E-state index < -0.39 is 0 Å². The van der Waals surface area contributed by atoms with Gasteiger partial charge in [0.05, 0.1) is 11.0 Å². The van der Waals surface area contributed by atoms with Crippen LogP contribution in [0.4, 0.5) is 5.82 Å². The zero-order valence-electron chi connectivity index (χ0n) is 9.92. The standard InChI is InChI=1S/C13H12N4O/c1-2-8-12(18-17-13(8)14)9-4-3-5-10-11(9)16-7-6-15-10/h3-7H,2H2,1H3,(H2,14,17). The van der Waals surface area contributed by atoms with Gasteiger partial charge in [-0.1, -0.05) is 18.1 Å². The summed E-state index contributed by atoms with van der Waals surface area (Å²) >= 11 is 0. The number of anilines is 1. The highest BCUT2D eigenvalue weighted by Gasteiger charge is 2.16. The van der Waals surface area contributed by atoms with E-state index in [9.17, 15) is 0 Å². The number of benzene rings is 1. The predicted octanol–water partition coefficient (Wildman–Crippen LogP) is 2.43. The third-order valence-corrected chi connectivity index (χ3v) is 2.92. The second kappa shape index (κ2) is 4.10. The van der Waals surface area contributed by atoms with Crippen molar-refractivity contribution in [1.82, 2.24) is 15.1 Å². The molecule has 90 valence electrons. The second-order valence-corrected chi connectivity index (χ2v) is 3.96. The number of nitrogen functional groups attached to an aromatic ring is 1. The molecule has 1 aromatic carbocycles. The SMILES string of the molecule is CCc1c(N)noc1-c1cccc2nccnc12. The summed E-state index contributed by atoms with van der Waals surface area (Å²) in [5.41, 5.74) is 9.20. The molecular formula is C13H12N4O. The van der Waals surface area contributed by atoms with Crippen molar-refractivity contribution < 1.29 is 4.52 Å². The number of fused-ring (bicyclic) bond motifs is 1. The van der Waals surface area contributed by atoms with Crippen molar-refractivity contribution in [1.29, 1.82) is 0 Å². The van der Waals surface area contributed by atoms with Gasteiger partial charge < -0.3 is 10.3 Å². The van der Waals surface area contributed by atoms with Crippen molar-refractivity contribution in [3.63, 3.8) is 0 Å². The van der Waals surface area contributed by atoms with Crippen LogP contribution in [0.25, 0.3) is 22.4 Å². The van der Waals surface area contributed by atoms with E-state index in [0.29, 0.717) is 11.6 Å². The summed E-state index contributed by atoms with van der Waals surface area (Å²) in [5.74, 6) is 1.12. The maximum absolute atomic E-state index is 5.79. The Morgan fingerprint density at radius 3 is 2.89 bits per heavy atom. The molecule has 0 radical (unpaired) electrons. The molecule has 5 nitrogen and oxygen atoms in total. The van der Waals surface area contributed by atoms with Gasteiger partial charge in [-0.2, -0.15) is 0 Å². The van der Waals surface area contributed by atoms with E-state index in [1.807, 2.05) is 25.1 Å². The third kappa shape index (κ3) is 1.52. The minimum atomic E-state index is 0.438. The number of nitrogens with two attached hydrogens (primary N) is 1. The van der Waals surface area contributed by atoms with Crippen LogP contribution in [0.15, 0.2) is 35.1 Å². The fourth-order valence-electron chi connectivity index (χ4n) is 2.05. The minimum absolute atomic E-state index is 0.438. The molecule has 0 aliphatic carbocycles. The van der Waals surface area contributed by atoms with Gasteiger partial charge >= 0.3 is 0 Å². The highest BCUT2D eigenvalue weighted by atomic mass is 16.5. The third-order valence-electron chi connectivity index (χ3n) is 2.92. The van der Waals surface area contributed by atoms with Gasteiger partial charge in [0.2, 0.25) is 0 Å². The molecule has 0 amide bonds. The first-order chi connectivity index (χ1) is 8.81. The molecule has 3 aromatic rings. The first kappa shape index (κ1) is 10.7. The van der Waals surface area contributed by atoms with E-state index in [0.717, 1.165) is 28.6 Å². The average molecular weight is 240 g/mol. The fourth-order valence-corrected chi connectivity index (χ4v) is 2.05. The lowest BCUT2D eigenvalue weighted by atomic mass is 10.0. The lowest BCUT2D eigenvalue weighted by molar-refractivity contribution is 0.435. The number of hydrogen-bond acceptors (Lipinski definition) is 5. The largest absolute Gasteiger partial charge is 0.381 e. The van der Waals surface area contributed by atoms with E-state index in [-0.39, 0.29) is 0 Å². The van der Waals surface area contributed by atoms with Crippen molar-refractivity contribution in [3.05, 3.63) is 36.2 Å². The number of para-hydroxylation sites is 1. The Morgan fingerprint density at radius 2 is 2.06 bits per heavy atom. The summed E-state index contributed by atoms with van der Waals surface area (Å²) < 4.78 is 5.34. The summed E-state index contributed by atoms with van der Waals surface area (Å²) in [5, 5.41) is 3.83. The lowest BCUT2D eigenvalue weighted by Gasteiger charge is -2.03. The van der Waals surface area contributed by atoms with Crippen LogP contribution >= 0.6 is 0 Å². The Morgan fingerprint density at radius 1 is 1.22 bits per heavy atom. The monoisotopic (exact) mass is 240 g/mol. The molecule has 3 rings (SSSR count). The highest BCUT2D eigenvalue weighted by Crippen LogP contribution is 2.31. The highest BCUT2D eigenvalue weighted by molar-refractivity contribution is 5.91. The van der Waals surface area contributed by atoms with Crippen LogP contribution in [0, 0.1) is 0 Å². The number of hydrogen-bond donors (Lipinski definition) is 1. The van der Waals surface area contributed by atoms with Crippen LogP contribution in [0.5, 0.6) is 0 Å². The van der Waals surface area contributed by atoms with Crippen LogP contribution in [-0.2, 0) is 6.42 Å². The second-order valence-electron chi connectivity index (χ2n) is 3.96. The Hall–Kier alpha value is -2.43. The average Bonchev–Trinajstić information content (AvgIpc) is 2.79. The van der Waals surface area contributed by atoms with Crippen LogP contribution < -0.4 is 5.73 Å². The van der Waals surface area contributed by atoms with Gasteiger partial charge in [-0.3, -0.25) is 9.97 Å². The molecule has 0 fully saturated rings. The molecule has 0 saturated heterocycles. The quantitative estimate of drug-likeness (QED) is 0.744. The van der Waals surface area contributed by atoms with Gasteiger partial charge in [0.15, 0.2) is 11.6 Å². The van der Waals surface area contributed by atoms with Crippen LogP contribution in [0.3, 0.4) is 0 Å². The number of aromatic nitrogens is 3. The molecule has 0 atom stereocenters. The molecule has 2 N–H and O–H groups in total. The first-order valence-electron chi connectivity index (χ1n) is 5.75. The van der Waals surface area contributed by atoms with Crippen LogP contribution in [0.1, 0.15) is 12.5 Å². The summed E-state index contributed by atoms with van der Waals surface area (Å²) in [6.45, 7) is 2.02. The molecule has 5 heteroatoms. The maximum Gasteiger partial charge on any atom is 0.174 e. The number of nitrogens with zero attached hydrogens (tertiary/aromatic N) is 3. The smallest absolute Gasteiger partial charge is 0.174 e. The van der Waals surface area contributed by atoms with Gasteiger partial charge in [-0.05, 0) is 18.6 Å². The van der Waals surface area contributed by atoms with E-state index >= 15 is 0 Å². The Balaban J connectivity index is 2.31. The van der Waals surface area contributed by atoms with Gasteiger partial charge in [-0.15, -0.1) is 0 Å².